The molecule has 0 spiro atoms. The summed E-state index contributed by atoms with van der Waals surface area (Å²) in [5.41, 5.74) is 0. The maximum atomic E-state index is 10.5. The molecule has 2 unspecified atom stereocenters. The number of carboxylic acids is 1. The molecule has 0 aromatic heterocycles. The van der Waals surface area contributed by atoms with Crippen molar-refractivity contribution < 1.29 is 9.90 Å². The Morgan fingerprint density at radius 2 is 2.09 bits per heavy atom. The molecule has 2 atom stereocenters. The molecule has 0 amide bonds. The van der Waals surface area contributed by atoms with Crippen LogP contribution in [0.3, 0.4) is 0 Å². The van der Waals surface area contributed by atoms with Crippen molar-refractivity contribution in [3.05, 3.63) is 0 Å². The summed E-state index contributed by atoms with van der Waals surface area (Å²) in [5, 5.41) is 11.4. The van der Waals surface area contributed by atoms with Gasteiger partial charge in [-0.3, -0.25) is 4.79 Å². The Labute approximate surface area is 73.6 Å². The number of carbonyl (C=O) groups is 1. The van der Waals surface area contributed by atoms with Gasteiger partial charge < -0.3 is 10.4 Å². The highest BCUT2D eigenvalue weighted by Gasteiger charge is 2.20. The minimum Gasteiger partial charge on any atom is -0.480 e. The second-order valence-electron chi connectivity index (χ2n) is 2.49. The lowest BCUT2D eigenvalue weighted by molar-refractivity contribution is -0.140. The lowest BCUT2D eigenvalue weighted by atomic mass is 10.00. The Hall–Kier alpha value is -0.280. The first kappa shape index (κ1) is 13.3. The number of rotatable bonds is 4. The molecule has 4 heteroatoms. The van der Waals surface area contributed by atoms with Crippen LogP contribution in [0.4, 0.5) is 0 Å². The van der Waals surface area contributed by atoms with Gasteiger partial charge in [0.2, 0.25) is 0 Å². The van der Waals surface area contributed by atoms with Gasteiger partial charge in [-0.15, -0.1) is 12.4 Å². The normalized spacial score (nSPS) is 14.8. The Kier molecular flexibility index (Phi) is 7.79. The first-order valence-corrected chi connectivity index (χ1v) is 3.53. The van der Waals surface area contributed by atoms with E-state index >= 15 is 0 Å². The third-order valence-electron chi connectivity index (χ3n) is 1.79. The first-order valence-electron chi connectivity index (χ1n) is 3.53. The Bertz CT molecular complexity index is 119. The zero-order valence-corrected chi connectivity index (χ0v) is 7.94. The van der Waals surface area contributed by atoms with E-state index in [1.165, 1.54) is 0 Å². The highest BCUT2D eigenvalue weighted by molar-refractivity contribution is 5.85. The number of aliphatic carboxylic acids is 1. The van der Waals surface area contributed by atoms with Crippen molar-refractivity contribution in [3.8, 4) is 0 Å². The van der Waals surface area contributed by atoms with Crippen LogP contribution in [0.15, 0.2) is 0 Å². The van der Waals surface area contributed by atoms with Crippen molar-refractivity contribution in [3.63, 3.8) is 0 Å². The molecular weight excluding hydrogens is 166 g/mol. The van der Waals surface area contributed by atoms with Crippen LogP contribution in [0.25, 0.3) is 0 Å². The SMILES string of the molecule is CCC(C)C(NC)C(=O)O.Cl. The average Bonchev–Trinajstić information content (AvgIpc) is 1.88. The molecule has 0 saturated heterocycles. The second kappa shape index (κ2) is 6.43. The van der Waals surface area contributed by atoms with Gasteiger partial charge in [-0.1, -0.05) is 20.3 Å². The summed E-state index contributed by atoms with van der Waals surface area (Å²) in [6.07, 6.45) is 0.887. The van der Waals surface area contributed by atoms with Crippen molar-refractivity contribution in [2.24, 2.45) is 5.92 Å². The molecule has 0 bridgehead atoms. The van der Waals surface area contributed by atoms with E-state index in [0.717, 1.165) is 6.42 Å². The molecule has 3 nitrogen and oxygen atoms in total. The van der Waals surface area contributed by atoms with Crippen LogP contribution < -0.4 is 5.32 Å². The second-order valence-corrected chi connectivity index (χ2v) is 2.49. The topological polar surface area (TPSA) is 49.3 Å². The molecule has 0 fully saturated rings. The number of hydrogen-bond acceptors (Lipinski definition) is 2. The Morgan fingerprint density at radius 1 is 1.64 bits per heavy atom. The van der Waals surface area contributed by atoms with E-state index in [2.05, 4.69) is 5.32 Å². The third-order valence-corrected chi connectivity index (χ3v) is 1.79. The van der Waals surface area contributed by atoms with E-state index in [1.54, 1.807) is 7.05 Å². The lowest BCUT2D eigenvalue weighted by Crippen LogP contribution is -2.39. The minimum atomic E-state index is -0.767. The van der Waals surface area contributed by atoms with E-state index < -0.39 is 12.0 Å². The molecule has 0 aliphatic heterocycles. The molecule has 0 saturated carbocycles. The van der Waals surface area contributed by atoms with Crippen LogP contribution in [-0.4, -0.2) is 24.2 Å². The number of likely N-dealkylation sites (N-methyl/N-ethyl adjacent to an activating group) is 1. The van der Waals surface area contributed by atoms with Crippen LogP contribution >= 0.6 is 12.4 Å². The Morgan fingerprint density at radius 3 is 2.18 bits per heavy atom. The summed E-state index contributed by atoms with van der Waals surface area (Å²) in [7, 11) is 1.67. The van der Waals surface area contributed by atoms with Gasteiger partial charge in [-0.25, -0.2) is 0 Å². The lowest BCUT2D eigenvalue weighted by Gasteiger charge is -2.16. The highest BCUT2D eigenvalue weighted by atomic mass is 35.5. The van der Waals surface area contributed by atoms with Crippen molar-refractivity contribution in [2.45, 2.75) is 26.3 Å². The molecular formula is C7H16ClNO2. The smallest absolute Gasteiger partial charge is 0.320 e. The van der Waals surface area contributed by atoms with Gasteiger partial charge in [0.25, 0.3) is 0 Å². The number of carboxylic acid groups (broad SMARTS) is 1. The molecule has 0 aliphatic rings. The van der Waals surface area contributed by atoms with Gasteiger partial charge in [0.15, 0.2) is 0 Å². The van der Waals surface area contributed by atoms with Gasteiger partial charge in [0, 0.05) is 0 Å². The van der Waals surface area contributed by atoms with Gasteiger partial charge in [0.1, 0.15) is 6.04 Å². The monoisotopic (exact) mass is 181 g/mol. The number of halogens is 1. The quantitative estimate of drug-likeness (QED) is 0.684. The largest absolute Gasteiger partial charge is 0.480 e. The van der Waals surface area contributed by atoms with Crippen LogP contribution in [-0.2, 0) is 4.79 Å². The molecule has 0 rings (SSSR count). The molecule has 68 valence electrons. The average molecular weight is 182 g/mol. The van der Waals surface area contributed by atoms with Gasteiger partial charge >= 0.3 is 5.97 Å². The van der Waals surface area contributed by atoms with Crippen LogP contribution in [0.5, 0.6) is 0 Å². The molecule has 0 aliphatic carbocycles. The van der Waals surface area contributed by atoms with E-state index in [-0.39, 0.29) is 18.3 Å². The van der Waals surface area contributed by atoms with E-state index in [0.29, 0.717) is 0 Å². The fourth-order valence-corrected chi connectivity index (χ4v) is 0.887. The molecule has 11 heavy (non-hydrogen) atoms. The van der Waals surface area contributed by atoms with Crippen molar-refractivity contribution >= 4 is 18.4 Å². The van der Waals surface area contributed by atoms with Crippen molar-refractivity contribution in [1.82, 2.24) is 5.32 Å². The summed E-state index contributed by atoms with van der Waals surface area (Å²) in [5.74, 6) is -0.570. The summed E-state index contributed by atoms with van der Waals surface area (Å²) in [4.78, 5) is 10.5. The fourth-order valence-electron chi connectivity index (χ4n) is 0.887. The zero-order valence-electron chi connectivity index (χ0n) is 7.13. The predicted molar refractivity (Wildman–Crippen MR) is 47.2 cm³/mol. The van der Waals surface area contributed by atoms with Gasteiger partial charge in [0.05, 0.1) is 0 Å². The van der Waals surface area contributed by atoms with Crippen LogP contribution in [0.2, 0.25) is 0 Å². The van der Waals surface area contributed by atoms with Crippen LogP contribution in [0, 0.1) is 5.92 Å². The third kappa shape index (κ3) is 4.22. The van der Waals surface area contributed by atoms with Gasteiger partial charge in [-0.2, -0.15) is 0 Å². The minimum absolute atomic E-state index is 0. The Balaban J connectivity index is 0. The molecule has 0 aromatic carbocycles. The number of hydrogen-bond donors (Lipinski definition) is 2. The predicted octanol–water partition coefficient (Wildman–Crippen LogP) is 1.13. The summed E-state index contributed by atoms with van der Waals surface area (Å²) < 4.78 is 0. The fraction of sp³-hybridized carbons (Fsp3) is 0.857. The van der Waals surface area contributed by atoms with E-state index in [4.69, 9.17) is 5.11 Å². The molecule has 0 aromatic rings. The summed E-state index contributed by atoms with van der Waals surface area (Å²) in [6, 6.07) is -0.398. The van der Waals surface area contributed by atoms with Crippen molar-refractivity contribution in [1.29, 1.82) is 0 Å². The standard InChI is InChI=1S/C7H15NO2.ClH/c1-4-5(2)6(8-3)7(9)10;/h5-6,8H,4H2,1-3H3,(H,9,10);1H. The van der Waals surface area contributed by atoms with Crippen LogP contribution in [0.1, 0.15) is 20.3 Å². The molecule has 0 heterocycles. The summed E-state index contributed by atoms with van der Waals surface area (Å²) in [6.45, 7) is 3.91. The van der Waals surface area contributed by atoms with Crippen molar-refractivity contribution in [2.75, 3.05) is 7.05 Å². The maximum absolute atomic E-state index is 10.5. The summed E-state index contributed by atoms with van der Waals surface area (Å²) >= 11 is 0. The van der Waals surface area contributed by atoms with Gasteiger partial charge in [-0.05, 0) is 13.0 Å². The number of nitrogens with one attached hydrogen (secondary N) is 1. The van der Waals surface area contributed by atoms with E-state index in [1.807, 2.05) is 13.8 Å². The maximum Gasteiger partial charge on any atom is 0.320 e. The first-order chi connectivity index (χ1) is 4.63. The zero-order chi connectivity index (χ0) is 8.15. The molecule has 0 radical (unpaired) electrons. The van der Waals surface area contributed by atoms with E-state index in [9.17, 15) is 4.79 Å². The molecule has 2 N–H and O–H groups in total. The highest BCUT2D eigenvalue weighted by Crippen LogP contribution is 2.06.